The Kier molecular flexibility index (Phi) is 6.93. The zero-order valence-electron chi connectivity index (χ0n) is 15.7. The third kappa shape index (κ3) is 5.67. The molecule has 2 N–H and O–H groups in total. The van der Waals surface area contributed by atoms with Gasteiger partial charge in [-0.1, -0.05) is 23.2 Å². The van der Waals surface area contributed by atoms with Gasteiger partial charge in [-0.05, 0) is 51.4 Å². The van der Waals surface area contributed by atoms with Crippen molar-refractivity contribution < 1.29 is 9.59 Å². The maximum Gasteiger partial charge on any atom is 0.240 e. The van der Waals surface area contributed by atoms with Crippen molar-refractivity contribution in [3.63, 3.8) is 0 Å². The van der Waals surface area contributed by atoms with E-state index in [-0.39, 0.29) is 24.3 Å². The number of rotatable bonds is 5. The van der Waals surface area contributed by atoms with Crippen LogP contribution in [0.3, 0.4) is 0 Å². The maximum absolute atomic E-state index is 12.6. The Bertz CT molecular complexity index is 847. The van der Waals surface area contributed by atoms with E-state index in [9.17, 15) is 9.59 Å². The van der Waals surface area contributed by atoms with Gasteiger partial charge in [0, 0.05) is 27.2 Å². The summed E-state index contributed by atoms with van der Waals surface area (Å²) in [6.45, 7) is 5.45. The van der Waals surface area contributed by atoms with Gasteiger partial charge in [0.25, 0.3) is 0 Å². The van der Waals surface area contributed by atoms with Crippen LogP contribution in [0.4, 0.5) is 10.8 Å². The van der Waals surface area contributed by atoms with Gasteiger partial charge in [-0.25, -0.2) is 4.98 Å². The molecule has 1 aromatic heterocycles. The third-order valence-corrected chi connectivity index (χ3v) is 6.07. The lowest BCUT2D eigenvalue weighted by molar-refractivity contribution is -0.123. The Labute approximate surface area is 178 Å². The molecule has 3 rings (SSSR count). The highest BCUT2D eigenvalue weighted by Crippen LogP contribution is 2.25. The largest absolute Gasteiger partial charge is 0.326 e. The van der Waals surface area contributed by atoms with Crippen LogP contribution in [0.25, 0.3) is 0 Å². The highest BCUT2D eigenvalue weighted by atomic mass is 35.5. The predicted octanol–water partition coefficient (Wildman–Crippen LogP) is 4.36. The van der Waals surface area contributed by atoms with Crippen LogP contribution in [0.15, 0.2) is 18.2 Å². The van der Waals surface area contributed by atoms with E-state index in [0.29, 0.717) is 27.4 Å². The first-order chi connectivity index (χ1) is 13.3. The number of nitrogens with zero attached hydrogens (tertiary/aromatic N) is 2. The van der Waals surface area contributed by atoms with Crippen LogP contribution in [-0.4, -0.2) is 41.3 Å². The molecule has 0 bridgehead atoms. The minimum absolute atomic E-state index is 0.0883. The van der Waals surface area contributed by atoms with E-state index in [2.05, 4.69) is 15.6 Å². The second kappa shape index (κ2) is 9.22. The molecule has 6 nitrogen and oxygen atoms in total. The average molecular weight is 441 g/mol. The molecule has 28 heavy (non-hydrogen) atoms. The van der Waals surface area contributed by atoms with Crippen LogP contribution in [0, 0.1) is 19.8 Å². The molecular weight excluding hydrogens is 419 g/mol. The van der Waals surface area contributed by atoms with Crippen LogP contribution in [-0.2, 0) is 9.59 Å². The van der Waals surface area contributed by atoms with Gasteiger partial charge in [-0.3, -0.25) is 14.5 Å². The van der Waals surface area contributed by atoms with E-state index in [1.807, 2.05) is 18.7 Å². The number of carbonyl (C=O) groups is 2. The molecule has 0 spiro atoms. The van der Waals surface area contributed by atoms with Crippen LogP contribution < -0.4 is 10.6 Å². The molecule has 0 radical (unpaired) electrons. The standard InChI is InChI=1S/C19H22Cl2N4O2S/c1-11-12(2)28-19(22-11)24-17(26)10-25-5-3-4-13(9-25)18(27)23-16-7-14(20)6-15(21)8-16/h6-8,13H,3-5,9-10H2,1-2H3,(H,23,27)(H,22,24,26). The van der Waals surface area contributed by atoms with Gasteiger partial charge >= 0.3 is 0 Å². The van der Waals surface area contributed by atoms with Crippen LogP contribution in [0.5, 0.6) is 0 Å². The quantitative estimate of drug-likeness (QED) is 0.724. The Morgan fingerprint density at radius 3 is 2.57 bits per heavy atom. The summed E-state index contributed by atoms with van der Waals surface area (Å²) in [4.78, 5) is 32.4. The number of aromatic nitrogens is 1. The van der Waals surface area contributed by atoms with E-state index in [0.717, 1.165) is 30.0 Å². The zero-order valence-corrected chi connectivity index (χ0v) is 18.0. The van der Waals surface area contributed by atoms with Crippen molar-refractivity contribution in [1.82, 2.24) is 9.88 Å². The van der Waals surface area contributed by atoms with Crippen LogP contribution >= 0.6 is 34.5 Å². The second-order valence-electron chi connectivity index (χ2n) is 6.93. The number of aryl methyl sites for hydroxylation is 2. The SMILES string of the molecule is Cc1nc(NC(=O)CN2CCCC(C(=O)Nc3cc(Cl)cc(Cl)c3)C2)sc1C. The minimum atomic E-state index is -0.191. The van der Waals surface area contributed by atoms with E-state index in [1.54, 1.807) is 18.2 Å². The molecule has 1 aromatic carbocycles. The molecule has 2 amide bonds. The average Bonchev–Trinajstić information content (AvgIpc) is 2.91. The van der Waals surface area contributed by atoms with Crippen molar-refractivity contribution in [3.05, 3.63) is 38.8 Å². The zero-order chi connectivity index (χ0) is 20.3. The molecular formula is C19H22Cl2N4O2S. The van der Waals surface area contributed by atoms with E-state index in [1.165, 1.54) is 11.3 Å². The fraction of sp³-hybridized carbons (Fsp3) is 0.421. The summed E-state index contributed by atoms with van der Waals surface area (Å²) in [6, 6.07) is 4.94. The number of piperidine rings is 1. The maximum atomic E-state index is 12.6. The summed E-state index contributed by atoms with van der Waals surface area (Å²) in [5.74, 6) is -0.394. The number of benzene rings is 1. The molecule has 0 saturated carbocycles. The molecule has 2 heterocycles. The van der Waals surface area contributed by atoms with Gasteiger partial charge in [-0.2, -0.15) is 0 Å². The van der Waals surface area contributed by atoms with Gasteiger partial charge in [0.2, 0.25) is 11.8 Å². The molecule has 1 fully saturated rings. The van der Waals surface area contributed by atoms with Crippen molar-refractivity contribution in [2.75, 3.05) is 30.3 Å². The Morgan fingerprint density at radius 2 is 1.93 bits per heavy atom. The number of nitrogens with one attached hydrogen (secondary N) is 2. The highest BCUT2D eigenvalue weighted by molar-refractivity contribution is 7.15. The molecule has 150 valence electrons. The molecule has 1 aliphatic heterocycles. The summed E-state index contributed by atoms with van der Waals surface area (Å²) >= 11 is 13.4. The lowest BCUT2D eigenvalue weighted by Gasteiger charge is -2.31. The number of anilines is 2. The Hall–Kier alpha value is -1.67. The third-order valence-electron chi connectivity index (χ3n) is 4.65. The van der Waals surface area contributed by atoms with Gasteiger partial charge in [0.15, 0.2) is 5.13 Å². The van der Waals surface area contributed by atoms with E-state index < -0.39 is 0 Å². The van der Waals surface area contributed by atoms with Crippen molar-refractivity contribution in [2.24, 2.45) is 5.92 Å². The first-order valence-electron chi connectivity index (χ1n) is 9.03. The van der Waals surface area contributed by atoms with Gasteiger partial charge in [0.05, 0.1) is 18.2 Å². The van der Waals surface area contributed by atoms with Crippen molar-refractivity contribution in [2.45, 2.75) is 26.7 Å². The number of likely N-dealkylation sites (tertiary alicyclic amines) is 1. The molecule has 1 unspecified atom stereocenters. The summed E-state index contributed by atoms with van der Waals surface area (Å²) < 4.78 is 0. The van der Waals surface area contributed by atoms with Gasteiger partial charge < -0.3 is 10.6 Å². The van der Waals surface area contributed by atoms with Crippen LogP contribution in [0.1, 0.15) is 23.4 Å². The number of halogens is 2. The fourth-order valence-electron chi connectivity index (χ4n) is 3.17. The molecule has 2 aromatic rings. The smallest absolute Gasteiger partial charge is 0.240 e. The summed E-state index contributed by atoms with van der Waals surface area (Å²) in [6.07, 6.45) is 1.64. The molecule has 9 heteroatoms. The topological polar surface area (TPSA) is 74.3 Å². The van der Waals surface area contributed by atoms with Gasteiger partial charge in [0.1, 0.15) is 0 Å². The number of amides is 2. The fourth-order valence-corrected chi connectivity index (χ4v) is 4.53. The van der Waals surface area contributed by atoms with Crippen molar-refractivity contribution in [1.29, 1.82) is 0 Å². The first-order valence-corrected chi connectivity index (χ1v) is 10.6. The number of hydrogen-bond donors (Lipinski definition) is 2. The monoisotopic (exact) mass is 440 g/mol. The van der Waals surface area contributed by atoms with Crippen LogP contribution in [0.2, 0.25) is 10.0 Å². The van der Waals surface area contributed by atoms with Crippen molar-refractivity contribution in [3.8, 4) is 0 Å². The normalized spacial score (nSPS) is 17.4. The number of thiazole rings is 1. The van der Waals surface area contributed by atoms with Gasteiger partial charge in [-0.15, -0.1) is 11.3 Å². The summed E-state index contributed by atoms with van der Waals surface area (Å²) in [5.41, 5.74) is 1.50. The minimum Gasteiger partial charge on any atom is -0.326 e. The number of carbonyl (C=O) groups excluding carboxylic acids is 2. The predicted molar refractivity (Wildman–Crippen MR) is 114 cm³/mol. The van der Waals surface area contributed by atoms with Crippen molar-refractivity contribution >= 4 is 57.2 Å². The lowest BCUT2D eigenvalue weighted by atomic mass is 9.97. The molecule has 1 aliphatic rings. The van der Waals surface area contributed by atoms with E-state index >= 15 is 0 Å². The second-order valence-corrected chi connectivity index (χ2v) is 9.01. The highest BCUT2D eigenvalue weighted by Gasteiger charge is 2.27. The van der Waals surface area contributed by atoms with E-state index in [4.69, 9.17) is 23.2 Å². The number of hydrogen-bond acceptors (Lipinski definition) is 5. The summed E-state index contributed by atoms with van der Waals surface area (Å²) in [5, 5.41) is 7.27. The molecule has 1 saturated heterocycles. The summed E-state index contributed by atoms with van der Waals surface area (Å²) in [7, 11) is 0. The first kappa shape index (κ1) is 21.0. The lowest BCUT2D eigenvalue weighted by Crippen LogP contribution is -2.44. The molecule has 1 atom stereocenters. The molecule has 0 aliphatic carbocycles. The Morgan fingerprint density at radius 1 is 1.21 bits per heavy atom. The Balaban J connectivity index is 1.54.